The maximum Gasteiger partial charge on any atom is 0.203 e. The molecule has 0 atom stereocenters. The van der Waals surface area contributed by atoms with Crippen LogP contribution in [0.1, 0.15) is 16.2 Å². The van der Waals surface area contributed by atoms with Crippen molar-refractivity contribution in [2.75, 3.05) is 0 Å². The highest BCUT2D eigenvalue weighted by molar-refractivity contribution is 6.05. The summed E-state index contributed by atoms with van der Waals surface area (Å²) in [6.07, 6.45) is 6.55. The zero-order valence-electron chi connectivity index (χ0n) is 9.16. The first-order valence-electron chi connectivity index (χ1n) is 4.87. The van der Waals surface area contributed by atoms with Gasteiger partial charge < -0.3 is 0 Å². The average Bonchev–Trinajstić information content (AvgIpc) is 2.84. The van der Waals surface area contributed by atoms with Crippen LogP contribution >= 0.6 is 0 Å². The smallest absolute Gasteiger partial charge is 0.203 e. The number of allylic oxidation sites excluding steroid dienone is 1. The maximum atomic E-state index is 11.8. The van der Waals surface area contributed by atoms with Crippen LogP contribution in [0, 0.1) is 0 Å². The number of carbonyl (C=O) groups is 1. The molecule has 82 valence electrons. The van der Waals surface area contributed by atoms with E-state index in [4.69, 9.17) is 0 Å². The van der Waals surface area contributed by atoms with E-state index in [9.17, 15) is 4.79 Å². The van der Waals surface area contributed by atoms with Crippen LogP contribution in [0.25, 0.3) is 6.08 Å². The molecule has 5 nitrogen and oxygen atoms in total. The third kappa shape index (κ3) is 1.93. The Bertz CT molecular complexity index is 536. The van der Waals surface area contributed by atoms with Gasteiger partial charge in [-0.25, -0.2) is 0 Å². The Labute approximate surface area is 93.0 Å². The monoisotopic (exact) mass is 216 g/mol. The van der Waals surface area contributed by atoms with Crippen molar-refractivity contribution >= 4 is 11.9 Å². The third-order valence-corrected chi connectivity index (χ3v) is 2.34. The predicted octanol–water partition coefficient (Wildman–Crippen LogP) is 1.05. The third-order valence-electron chi connectivity index (χ3n) is 2.34. The molecule has 0 saturated heterocycles. The number of aromatic nitrogens is 4. The van der Waals surface area contributed by atoms with Crippen LogP contribution in [0.2, 0.25) is 0 Å². The molecule has 0 aliphatic heterocycles. The van der Waals surface area contributed by atoms with Gasteiger partial charge >= 0.3 is 0 Å². The van der Waals surface area contributed by atoms with Crippen LogP contribution in [-0.2, 0) is 14.1 Å². The molecule has 2 heterocycles. The van der Waals surface area contributed by atoms with Gasteiger partial charge in [-0.3, -0.25) is 14.2 Å². The minimum atomic E-state index is -0.0683. The minimum absolute atomic E-state index is 0.0683. The number of nitrogens with zero attached hydrogens (tertiary/aromatic N) is 4. The summed E-state index contributed by atoms with van der Waals surface area (Å²) in [6.45, 7) is 0. The quantitative estimate of drug-likeness (QED) is 0.569. The van der Waals surface area contributed by atoms with Crippen LogP contribution in [0.4, 0.5) is 0 Å². The highest BCUT2D eigenvalue weighted by Gasteiger charge is 2.05. The number of carbonyl (C=O) groups excluding carboxylic acids is 1. The predicted molar refractivity (Wildman–Crippen MR) is 59.8 cm³/mol. The lowest BCUT2D eigenvalue weighted by molar-refractivity contribution is 0.103. The van der Waals surface area contributed by atoms with Crippen molar-refractivity contribution in [3.05, 3.63) is 42.0 Å². The lowest BCUT2D eigenvalue weighted by Gasteiger charge is -1.96. The summed E-state index contributed by atoms with van der Waals surface area (Å²) < 4.78 is 3.25. The van der Waals surface area contributed by atoms with Crippen LogP contribution in [-0.4, -0.2) is 25.3 Å². The van der Waals surface area contributed by atoms with Crippen molar-refractivity contribution in [1.29, 1.82) is 0 Å². The fourth-order valence-electron chi connectivity index (χ4n) is 1.41. The highest BCUT2D eigenvalue weighted by Crippen LogP contribution is 2.03. The van der Waals surface area contributed by atoms with E-state index in [1.165, 1.54) is 6.08 Å². The van der Waals surface area contributed by atoms with Crippen molar-refractivity contribution in [2.24, 2.45) is 14.1 Å². The van der Waals surface area contributed by atoms with Crippen LogP contribution in [0.3, 0.4) is 0 Å². The van der Waals surface area contributed by atoms with E-state index in [0.717, 1.165) is 5.69 Å². The summed E-state index contributed by atoms with van der Waals surface area (Å²) in [5.41, 5.74) is 1.45. The first-order valence-corrected chi connectivity index (χ1v) is 4.87. The van der Waals surface area contributed by atoms with Gasteiger partial charge in [-0.1, -0.05) is 0 Å². The Morgan fingerprint density at radius 2 is 1.88 bits per heavy atom. The molecule has 0 N–H and O–H groups in total. The molecule has 2 aromatic heterocycles. The van der Waals surface area contributed by atoms with E-state index in [1.807, 2.05) is 13.1 Å². The number of ketones is 1. The molecular weight excluding hydrogens is 204 g/mol. The molecule has 0 spiro atoms. The van der Waals surface area contributed by atoms with Gasteiger partial charge in [0.05, 0.1) is 5.69 Å². The lowest BCUT2D eigenvalue weighted by atomic mass is 10.2. The van der Waals surface area contributed by atoms with Gasteiger partial charge in [0.15, 0.2) is 0 Å². The van der Waals surface area contributed by atoms with E-state index in [1.54, 1.807) is 40.9 Å². The standard InChI is InChI=1S/C11H12N4O/c1-14-9(5-7-12-14)3-4-11(16)10-6-8-13-15(10)2/h3-8H,1-2H3/b4-3+. The van der Waals surface area contributed by atoms with E-state index in [-0.39, 0.29) is 5.78 Å². The van der Waals surface area contributed by atoms with Crippen molar-refractivity contribution in [3.63, 3.8) is 0 Å². The van der Waals surface area contributed by atoms with E-state index in [2.05, 4.69) is 10.2 Å². The normalized spacial score (nSPS) is 11.1. The molecule has 16 heavy (non-hydrogen) atoms. The first kappa shape index (κ1) is 10.4. The zero-order valence-corrected chi connectivity index (χ0v) is 9.16. The Morgan fingerprint density at radius 3 is 2.44 bits per heavy atom. The fourth-order valence-corrected chi connectivity index (χ4v) is 1.41. The molecule has 2 rings (SSSR count). The largest absolute Gasteiger partial charge is 0.288 e. The van der Waals surface area contributed by atoms with E-state index < -0.39 is 0 Å². The lowest BCUT2D eigenvalue weighted by Crippen LogP contribution is -2.04. The summed E-state index contributed by atoms with van der Waals surface area (Å²) in [5, 5.41) is 7.96. The molecule has 0 fully saturated rings. The Morgan fingerprint density at radius 1 is 1.19 bits per heavy atom. The van der Waals surface area contributed by atoms with E-state index in [0.29, 0.717) is 5.69 Å². The van der Waals surface area contributed by atoms with Gasteiger partial charge in [-0.2, -0.15) is 10.2 Å². The number of hydrogen-bond donors (Lipinski definition) is 0. The van der Waals surface area contributed by atoms with Gasteiger partial charge in [0.1, 0.15) is 5.69 Å². The summed E-state index contributed by atoms with van der Waals surface area (Å²) in [5.74, 6) is -0.0683. The summed E-state index contributed by atoms with van der Waals surface area (Å²) >= 11 is 0. The van der Waals surface area contributed by atoms with Gasteiger partial charge in [-0.05, 0) is 24.3 Å². The zero-order chi connectivity index (χ0) is 11.5. The molecular formula is C11H12N4O. The molecule has 5 heteroatoms. The Balaban J connectivity index is 2.17. The fraction of sp³-hybridized carbons (Fsp3) is 0.182. The average molecular weight is 216 g/mol. The molecule has 0 aliphatic carbocycles. The van der Waals surface area contributed by atoms with Gasteiger partial charge in [-0.15, -0.1) is 0 Å². The molecule has 0 saturated carbocycles. The van der Waals surface area contributed by atoms with Gasteiger partial charge in [0.2, 0.25) is 5.78 Å². The molecule has 0 bridgehead atoms. The summed E-state index contributed by atoms with van der Waals surface area (Å²) in [4.78, 5) is 11.8. The Kier molecular flexibility index (Phi) is 2.68. The van der Waals surface area contributed by atoms with Crippen molar-refractivity contribution in [3.8, 4) is 0 Å². The second kappa shape index (κ2) is 4.14. The van der Waals surface area contributed by atoms with E-state index >= 15 is 0 Å². The topological polar surface area (TPSA) is 52.7 Å². The number of hydrogen-bond acceptors (Lipinski definition) is 3. The number of rotatable bonds is 3. The van der Waals surface area contributed by atoms with Crippen molar-refractivity contribution < 1.29 is 4.79 Å². The maximum absolute atomic E-state index is 11.8. The second-order valence-corrected chi connectivity index (χ2v) is 3.42. The summed E-state index contributed by atoms with van der Waals surface area (Å²) in [7, 11) is 3.57. The second-order valence-electron chi connectivity index (χ2n) is 3.42. The SMILES string of the molecule is Cn1nccc1/C=C/C(=O)c1ccnn1C. The summed E-state index contributed by atoms with van der Waals surface area (Å²) in [6, 6.07) is 3.53. The number of aryl methyl sites for hydroxylation is 2. The molecule has 0 amide bonds. The van der Waals surface area contributed by atoms with Crippen LogP contribution in [0.15, 0.2) is 30.6 Å². The van der Waals surface area contributed by atoms with Crippen molar-refractivity contribution in [2.45, 2.75) is 0 Å². The molecule has 0 radical (unpaired) electrons. The minimum Gasteiger partial charge on any atom is -0.288 e. The molecule has 0 unspecified atom stereocenters. The molecule has 0 aliphatic rings. The van der Waals surface area contributed by atoms with Gasteiger partial charge in [0.25, 0.3) is 0 Å². The highest BCUT2D eigenvalue weighted by atomic mass is 16.1. The molecule has 2 aromatic rings. The first-order chi connectivity index (χ1) is 7.68. The Hall–Kier alpha value is -2.17. The van der Waals surface area contributed by atoms with Gasteiger partial charge in [0, 0.05) is 26.5 Å². The van der Waals surface area contributed by atoms with Crippen molar-refractivity contribution in [1.82, 2.24) is 19.6 Å². The molecule has 0 aromatic carbocycles. The van der Waals surface area contributed by atoms with Crippen LogP contribution < -0.4 is 0 Å². The van der Waals surface area contributed by atoms with Crippen LogP contribution in [0.5, 0.6) is 0 Å².